The molecule has 2 heterocycles. The van der Waals surface area contributed by atoms with Gasteiger partial charge < -0.3 is 9.84 Å². The van der Waals surface area contributed by atoms with E-state index >= 15 is 0 Å². The fraction of sp³-hybridized carbons (Fsp3) is 0.474. The Morgan fingerprint density at radius 1 is 1.12 bits per heavy atom. The molecule has 0 atom stereocenters. The van der Waals surface area contributed by atoms with E-state index in [-0.39, 0.29) is 5.91 Å². The van der Waals surface area contributed by atoms with Crippen LogP contribution in [0.3, 0.4) is 0 Å². The van der Waals surface area contributed by atoms with Gasteiger partial charge in [0.25, 0.3) is 0 Å². The van der Waals surface area contributed by atoms with Gasteiger partial charge in [0.2, 0.25) is 5.91 Å². The minimum absolute atomic E-state index is 0.114. The maximum atomic E-state index is 13.2. The van der Waals surface area contributed by atoms with Crippen molar-refractivity contribution in [3.8, 4) is 0 Å². The summed E-state index contributed by atoms with van der Waals surface area (Å²) in [5.74, 6) is 0.114. The van der Waals surface area contributed by atoms with Crippen LogP contribution in [0.2, 0.25) is 0 Å². The first-order valence-corrected chi connectivity index (χ1v) is 8.77. The molecule has 0 radical (unpaired) electrons. The average Bonchev–Trinajstić information content (AvgIpc) is 3.28. The number of rotatable bonds is 4. The van der Waals surface area contributed by atoms with Crippen molar-refractivity contribution in [1.82, 2.24) is 15.4 Å². The van der Waals surface area contributed by atoms with Gasteiger partial charge in [-0.2, -0.15) is 0 Å². The lowest BCUT2D eigenvalue weighted by atomic mass is 9.89. The summed E-state index contributed by atoms with van der Waals surface area (Å²) in [6.07, 6.45) is 6.75. The Kier molecular flexibility index (Phi) is 4.10. The van der Waals surface area contributed by atoms with E-state index in [0.717, 1.165) is 31.6 Å². The van der Waals surface area contributed by atoms with E-state index in [1.807, 2.05) is 0 Å². The molecule has 5 nitrogen and oxygen atoms in total. The highest BCUT2D eigenvalue weighted by Gasteiger charge is 2.48. The molecule has 1 amide bonds. The van der Waals surface area contributed by atoms with Crippen LogP contribution in [0.15, 0.2) is 41.1 Å². The van der Waals surface area contributed by atoms with Crippen LogP contribution in [0.5, 0.6) is 0 Å². The monoisotopic (exact) mass is 325 g/mol. The first-order valence-electron chi connectivity index (χ1n) is 8.77. The molecule has 2 aromatic rings. The molecular formula is C19H23N3O2. The van der Waals surface area contributed by atoms with Gasteiger partial charge in [-0.05, 0) is 37.1 Å². The van der Waals surface area contributed by atoms with Crippen LogP contribution in [0.4, 0.5) is 0 Å². The number of hydrogen-bond donors (Lipinski definition) is 1. The lowest BCUT2D eigenvalue weighted by Gasteiger charge is -2.42. The molecule has 5 heteroatoms. The lowest BCUT2D eigenvalue weighted by molar-refractivity contribution is -0.134. The summed E-state index contributed by atoms with van der Waals surface area (Å²) < 4.78 is 4.85. The second-order valence-electron chi connectivity index (χ2n) is 6.88. The second-order valence-corrected chi connectivity index (χ2v) is 6.88. The van der Waals surface area contributed by atoms with Gasteiger partial charge in [-0.25, -0.2) is 0 Å². The number of carbonyl (C=O) groups excluding carboxylic acids is 1. The minimum atomic E-state index is -0.451. The van der Waals surface area contributed by atoms with Gasteiger partial charge in [0.05, 0.1) is 6.54 Å². The van der Waals surface area contributed by atoms with E-state index in [0.29, 0.717) is 6.54 Å². The summed E-state index contributed by atoms with van der Waals surface area (Å²) in [7, 11) is 0. The first kappa shape index (κ1) is 15.4. The molecule has 1 aromatic carbocycles. The summed E-state index contributed by atoms with van der Waals surface area (Å²) in [6, 6.07) is 10.2. The lowest BCUT2D eigenvalue weighted by Crippen LogP contribution is -2.60. The molecule has 0 bridgehead atoms. The zero-order valence-corrected chi connectivity index (χ0v) is 13.8. The third-order valence-electron chi connectivity index (χ3n) is 5.39. The van der Waals surface area contributed by atoms with Crippen LogP contribution in [0.25, 0.3) is 0 Å². The molecule has 2 aliphatic rings. The number of nitrogens with one attached hydrogen (secondary N) is 1. The molecule has 1 aromatic heterocycles. The zero-order valence-electron chi connectivity index (χ0n) is 13.8. The Labute approximate surface area is 142 Å². The molecule has 24 heavy (non-hydrogen) atoms. The molecule has 1 fully saturated rings. The fourth-order valence-corrected chi connectivity index (χ4v) is 4.11. The highest BCUT2D eigenvalue weighted by Crippen LogP contribution is 2.36. The number of aromatic nitrogens is 1. The van der Waals surface area contributed by atoms with Crippen molar-refractivity contribution in [2.45, 2.75) is 44.2 Å². The number of hydrogen-bond acceptors (Lipinski definition) is 4. The van der Waals surface area contributed by atoms with Gasteiger partial charge in [0, 0.05) is 18.9 Å². The van der Waals surface area contributed by atoms with Crippen LogP contribution in [0, 0.1) is 0 Å². The fourth-order valence-electron chi connectivity index (χ4n) is 4.11. The maximum absolute atomic E-state index is 13.2. The summed E-state index contributed by atoms with van der Waals surface area (Å²) in [4.78, 5) is 15.6. The summed E-state index contributed by atoms with van der Waals surface area (Å²) in [5.41, 5.74) is 2.92. The van der Waals surface area contributed by atoms with Crippen molar-refractivity contribution in [1.29, 1.82) is 0 Å². The summed E-state index contributed by atoms with van der Waals surface area (Å²) in [5, 5.41) is 6.98. The van der Waals surface area contributed by atoms with Crippen molar-refractivity contribution in [3.63, 3.8) is 0 Å². The molecule has 126 valence electrons. The normalized spacial score (nSPS) is 19.8. The van der Waals surface area contributed by atoms with Gasteiger partial charge in [-0.3, -0.25) is 9.69 Å². The van der Waals surface area contributed by atoms with Crippen molar-refractivity contribution < 1.29 is 9.32 Å². The van der Waals surface area contributed by atoms with E-state index in [4.69, 9.17) is 4.52 Å². The molecule has 0 unspecified atom stereocenters. The van der Waals surface area contributed by atoms with Gasteiger partial charge in [0.15, 0.2) is 0 Å². The number of fused-ring (bicyclic) bond motifs is 1. The Morgan fingerprint density at radius 3 is 2.46 bits per heavy atom. The highest BCUT2D eigenvalue weighted by atomic mass is 16.5. The van der Waals surface area contributed by atoms with Crippen LogP contribution < -0.4 is 5.32 Å². The molecule has 0 saturated carbocycles. The van der Waals surface area contributed by atoms with Crippen LogP contribution in [0.1, 0.15) is 36.1 Å². The van der Waals surface area contributed by atoms with E-state index in [1.54, 1.807) is 6.07 Å². The predicted octanol–water partition coefficient (Wildman–Crippen LogP) is 2.31. The molecule has 4 rings (SSSR count). The summed E-state index contributed by atoms with van der Waals surface area (Å²) in [6.45, 7) is 2.43. The molecule has 1 aliphatic heterocycles. The van der Waals surface area contributed by atoms with Crippen molar-refractivity contribution in [2.75, 3.05) is 13.1 Å². The summed E-state index contributed by atoms with van der Waals surface area (Å²) >= 11 is 0. The van der Waals surface area contributed by atoms with Gasteiger partial charge >= 0.3 is 0 Å². The average molecular weight is 325 g/mol. The smallest absolute Gasteiger partial charge is 0.241 e. The topological polar surface area (TPSA) is 58.4 Å². The third-order valence-corrected chi connectivity index (χ3v) is 5.39. The quantitative estimate of drug-likeness (QED) is 0.937. The first-order chi connectivity index (χ1) is 11.8. The SMILES string of the molecule is O=C(NCc1ccon1)C1(N2CCCCC2)Cc2ccccc2C1. The van der Waals surface area contributed by atoms with E-state index in [2.05, 4.69) is 39.6 Å². The second kappa shape index (κ2) is 6.40. The maximum Gasteiger partial charge on any atom is 0.241 e. The van der Waals surface area contributed by atoms with Crippen molar-refractivity contribution >= 4 is 5.91 Å². The van der Waals surface area contributed by atoms with Crippen molar-refractivity contribution in [2.24, 2.45) is 0 Å². The number of amides is 1. The van der Waals surface area contributed by atoms with Crippen LogP contribution in [-0.2, 0) is 24.2 Å². The predicted molar refractivity (Wildman–Crippen MR) is 90.4 cm³/mol. The van der Waals surface area contributed by atoms with Gasteiger partial charge in [0.1, 0.15) is 17.5 Å². The Balaban J connectivity index is 1.58. The minimum Gasteiger partial charge on any atom is -0.364 e. The largest absolute Gasteiger partial charge is 0.364 e. The van der Waals surface area contributed by atoms with Crippen LogP contribution >= 0.6 is 0 Å². The molecule has 1 saturated heterocycles. The van der Waals surface area contributed by atoms with E-state index in [1.165, 1.54) is 36.7 Å². The molecule has 1 aliphatic carbocycles. The number of likely N-dealkylation sites (tertiary alicyclic amines) is 1. The molecule has 1 N–H and O–H groups in total. The van der Waals surface area contributed by atoms with E-state index in [9.17, 15) is 4.79 Å². The number of benzene rings is 1. The number of carbonyl (C=O) groups is 1. The number of piperidine rings is 1. The Bertz CT molecular complexity index is 680. The number of nitrogens with zero attached hydrogens (tertiary/aromatic N) is 2. The van der Waals surface area contributed by atoms with Crippen molar-refractivity contribution in [3.05, 3.63) is 53.4 Å². The van der Waals surface area contributed by atoms with E-state index < -0.39 is 5.54 Å². The zero-order chi connectivity index (χ0) is 16.4. The van der Waals surface area contributed by atoms with Crippen LogP contribution in [-0.4, -0.2) is 34.6 Å². The highest BCUT2D eigenvalue weighted by molar-refractivity contribution is 5.88. The third kappa shape index (κ3) is 2.73. The Hall–Kier alpha value is -2.14. The Morgan fingerprint density at radius 2 is 1.83 bits per heavy atom. The van der Waals surface area contributed by atoms with Gasteiger partial charge in [-0.15, -0.1) is 0 Å². The molecular weight excluding hydrogens is 302 g/mol. The van der Waals surface area contributed by atoms with Gasteiger partial charge in [-0.1, -0.05) is 35.8 Å². The molecule has 0 spiro atoms. The standard InChI is InChI=1S/C19H23N3O2/c23-18(20-14-17-8-11-24-21-17)19(22-9-4-1-5-10-22)12-15-6-2-3-7-16(15)13-19/h2-3,6-8,11H,1,4-5,9-10,12-14H2,(H,20,23).